The van der Waals surface area contributed by atoms with E-state index in [2.05, 4.69) is 0 Å². The molecule has 4 nitrogen and oxygen atoms in total. The minimum absolute atomic E-state index is 0.343. The molecule has 0 bridgehead atoms. The highest BCUT2D eigenvalue weighted by molar-refractivity contribution is 7.89. The first-order valence-corrected chi connectivity index (χ1v) is 7.21. The highest BCUT2D eigenvalue weighted by Gasteiger charge is 2.21. The maximum atomic E-state index is 12.2. The molecule has 0 aliphatic heterocycles. The van der Waals surface area contributed by atoms with E-state index < -0.39 is 10.0 Å². The van der Waals surface area contributed by atoms with Gasteiger partial charge in [0.15, 0.2) is 0 Å². The Hall–Kier alpha value is -0.910. The van der Waals surface area contributed by atoms with Gasteiger partial charge < -0.3 is 5.73 Å². The second-order valence-electron chi connectivity index (χ2n) is 3.88. The summed E-state index contributed by atoms with van der Waals surface area (Å²) in [6.45, 7) is 6.94. The van der Waals surface area contributed by atoms with Crippen molar-refractivity contribution in [3.63, 3.8) is 0 Å². The van der Waals surface area contributed by atoms with E-state index in [1.165, 1.54) is 4.31 Å². The molecule has 0 fully saturated rings. The van der Waals surface area contributed by atoms with Gasteiger partial charge in [-0.15, -0.1) is 0 Å². The van der Waals surface area contributed by atoms with Crippen LogP contribution in [0, 0.1) is 6.92 Å². The minimum atomic E-state index is -3.36. The van der Waals surface area contributed by atoms with Crippen LogP contribution < -0.4 is 5.73 Å². The SMILES string of the molecule is CCN(CC)S(=O)(=O)c1ccc(CN)c(C)c1. The Bertz CT molecular complexity index is 479. The molecule has 2 N–H and O–H groups in total. The van der Waals surface area contributed by atoms with E-state index in [-0.39, 0.29) is 0 Å². The number of hydrogen-bond acceptors (Lipinski definition) is 3. The number of aryl methyl sites for hydroxylation is 1. The molecular weight excluding hydrogens is 236 g/mol. The van der Waals surface area contributed by atoms with Crippen LogP contribution in [-0.2, 0) is 16.6 Å². The van der Waals surface area contributed by atoms with Crippen LogP contribution in [0.2, 0.25) is 0 Å². The van der Waals surface area contributed by atoms with Gasteiger partial charge >= 0.3 is 0 Å². The van der Waals surface area contributed by atoms with Crippen LogP contribution in [0.25, 0.3) is 0 Å². The molecule has 5 heteroatoms. The molecule has 0 heterocycles. The summed E-state index contributed by atoms with van der Waals surface area (Å²) in [4.78, 5) is 0.343. The van der Waals surface area contributed by atoms with Crippen LogP contribution in [0.3, 0.4) is 0 Å². The fourth-order valence-corrected chi connectivity index (χ4v) is 3.31. The largest absolute Gasteiger partial charge is 0.326 e. The van der Waals surface area contributed by atoms with E-state index in [9.17, 15) is 8.42 Å². The third-order valence-electron chi connectivity index (χ3n) is 2.88. The van der Waals surface area contributed by atoms with Crippen molar-refractivity contribution >= 4 is 10.0 Å². The molecule has 0 aromatic heterocycles. The topological polar surface area (TPSA) is 63.4 Å². The summed E-state index contributed by atoms with van der Waals surface area (Å²) in [5, 5.41) is 0. The van der Waals surface area contributed by atoms with Crippen LogP contribution in [0.5, 0.6) is 0 Å². The summed E-state index contributed by atoms with van der Waals surface area (Å²) in [7, 11) is -3.36. The minimum Gasteiger partial charge on any atom is -0.326 e. The van der Waals surface area contributed by atoms with Crippen molar-refractivity contribution in [2.24, 2.45) is 5.73 Å². The number of rotatable bonds is 5. The molecule has 0 spiro atoms. The monoisotopic (exact) mass is 256 g/mol. The third-order valence-corrected chi connectivity index (χ3v) is 4.92. The van der Waals surface area contributed by atoms with E-state index >= 15 is 0 Å². The van der Waals surface area contributed by atoms with Gasteiger partial charge in [-0.2, -0.15) is 4.31 Å². The summed E-state index contributed by atoms with van der Waals surface area (Å²) >= 11 is 0. The molecular formula is C12H20N2O2S. The van der Waals surface area contributed by atoms with Gasteiger partial charge in [-0.1, -0.05) is 19.9 Å². The van der Waals surface area contributed by atoms with Crippen molar-refractivity contribution in [1.82, 2.24) is 4.31 Å². The molecule has 1 aromatic carbocycles. The quantitative estimate of drug-likeness (QED) is 0.868. The normalized spacial score (nSPS) is 12.1. The van der Waals surface area contributed by atoms with Crippen molar-refractivity contribution in [2.45, 2.75) is 32.2 Å². The molecule has 0 saturated carbocycles. The van der Waals surface area contributed by atoms with E-state index in [0.29, 0.717) is 24.5 Å². The summed E-state index contributed by atoms with van der Waals surface area (Å²) in [5.74, 6) is 0. The van der Waals surface area contributed by atoms with Crippen LogP contribution in [-0.4, -0.2) is 25.8 Å². The Morgan fingerprint density at radius 2 is 1.82 bits per heavy atom. The van der Waals surface area contributed by atoms with Gasteiger partial charge in [-0.3, -0.25) is 0 Å². The third kappa shape index (κ3) is 2.86. The Balaban J connectivity index is 3.20. The molecule has 1 rings (SSSR count). The lowest BCUT2D eigenvalue weighted by molar-refractivity contribution is 0.445. The predicted octanol–water partition coefficient (Wildman–Crippen LogP) is 1.48. The summed E-state index contributed by atoms with van der Waals surface area (Å²) in [6.07, 6.45) is 0. The van der Waals surface area contributed by atoms with Gasteiger partial charge in [-0.05, 0) is 30.2 Å². The Morgan fingerprint density at radius 1 is 1.24 bits per heavy atom. The predicted molar refractivity (Wildman–Crippen MR) is 69.2 cm³/mol. The average molecular weight is 256 g/mol. The number of nitrogens with two attached hydrogens (primary N) is 1. The van der Waals surface area contributed by atoms with Crippen molar-refractivity contribution in [1.29, 1.82) is 0 Å². The first-order valence-electron chi connectivity index (χ1n) is 5.77. The zero-order chi connectivity index (χ0) is 13.1. The van der Waals surface area contributed by atoms with E-state index in [0.717, 1.165) is 11.1 Å². The smallest absolute Gasteiger partial charge is 0.243 e. The molecule has 0 aliphatic rings. The molecule has 1 aromatic rings. The maximum Gasteiger partial charge on any atom is 0.243 e. The van der Waals surface area contributed by atoms with Crippen LogP contribution in [0.1, 0.15) is 25.0 Å². The first-order chi connectivity index (χ1) is 7.97. The Kier molecular flexibility index (Phi) is 4.68. The second kappa shape index (κ2) is 5.62. The zero-order valence-electron chi connectivity index (χ0n) is 10.6. The zero-order valence-corrected chi connectivity index (χ0v) is 11.4. The fourth-order valence-electron chi connectivity index (χ4n) is 1.77. The van der Waals surface area contributed by atoms with Crippen LogP contribution in [0.4, 0.5) is 0 Å². The van der Waals surface area contributed by atoms with E-state index in [1.54, 1.807) is 18.2 Å². The van der Waals surface area contributed by atoms with Gasteiger partial charge in [0.1, 0.15) is 0 Å². The Morgan fingerprint density at radius 3 is 2.24 bits per heavy atom. The average Bonchev–Trinajstić information content (AvgIpc) is 2.30. The first kappa shape index (κ1) is 14.2. The number of nitrogens with zero attached hydrogens (tertiary/aromatic N) is 1. The maximum absolute atomic E-state index is 12.2. The van der Waals surface area contributed by atoms with E-state index in [4.69, 9.17) is 5.73 Å². The van der Waals surface area contributed by atoms with Crippen LogP contribution in [0.15, 0.2) is 23.1 Å². The van der Waals surface area contributed by atoms with Gasteiger partial charge in [0.05, 0.1) is 4.90 Å². The summed E-state index contributed by atoms with van der Waals surface area (Å²) in [5.41, 5.74) is 7.45. The molecule has 96 valence electrons. The second-order valence-corrected chi connectivity index (χ2v) is 5.82. The van der Waals surface area contributed by atoms with Gasteiger partial charge in [0, 0.05) is 19.6 Å². The molecule has 0 atom stereocenters. The van der Waals surface area contributed by atoms with Gasteiger partial charge in [0.25, 0.3) is 0 Å². The van der Waals surface area contributed by atoms with E-state index in [1.807, 2.05) is 20.8 Å². The van der Waals surface area contributed by atoms with Crippen molar-refractivity contribution < 1.29 is 8.42 Å². The number of sulfonamides is 1. The summed E-state index contributed by atoms with van der Waals surface area (Å²) in [6, 6.07) is 5.10. The standard InChI is InChI=1S/C12H20N2O2S/c1-4-14(5-2)17(15,16)12-7-6-11(9-13)10(3)8-12/h6-8H,4-5,9,13H2,1-3H3. The molecule has 17 heavy (non-hydrogen) atoms. The lowest BCUT2D eigenvalue weighted by atomic mass is 10.1. The lowest BCUT2D eigenvalue weighted by Gasteiger charge is -2.19. The van der Waals surface area contributed by atoms with Crippen molar-refractivity contribution in [3.05, 3.63) is 29.3 Å². The highest BCUT2D eigenvalue weighted by atomic mass is 32.2. The highest BCUT2D eigenvalue weighted by Crippen LogP contribution is 2.19. The van der Waals surface area contributed by atoms with Gasteiger partial charge in [0.2, 0.25) is 10.0 Å². The van der Waals surface area contributed by atoms with Crippen molar-refractivity contribution in [2.75, 3.05) is 13.1 Å². The fraction of sp³-hybridized carbons (Fsp3) is 0.500. The molecule has 0 amide bonds. The Labute approximate surface area is 103 Å². The molecule has 0 unspecified atom stereocenters. The van der Waals surface area contributed by atoms with Crippen LogP contribution >= 0.6 is 0 Å². The number of benzene rings is 1. The lowest BCUT2D eigenvalue weighted by Crippen LogP contribution is -2.30. The summed E-state index contributed by atoms with van der Waals surface area (Å²) < 4.78 is 25.9. The molecule has 0 radical (unpaired) electrons. The van der Waals surface area contributed by atoms with Gasteiger partial charge in [-0.25, -0.2) is 8.42 Å². The number of hydrogen-bond donors (Lipinski definition) is 1. The molecule has 0 saturated heterocycles. The van der Waals surface area contributed by atoms with Crippen molar-refractivity contribution in [3.8, 4) is 0 Å². The molecule has 0 aliphatic carbocycles.